The number of carbonyl (C=O) groups excluding carboxylic acids is 1. The Bertz CT molecular complexity index is 603. The third-order valence-electron chi connectivity index (χ3n) is 10.5. The van der Waals surface area contributed by atoms with Crippen LogP contribution in [0, 0.1) is 46.3 Å². The molecule has 9 atom stereocenters. The fraction of sp³-hybridized carbons (Fsp3) is 0.962. The number of aliphatic hydroxyl groups excluding tert-OH is 1. The summed E-state index contributed by atoms with van der Waals surface area (Å²) in [7, 11) is 0. The van der Waals surface area contributed by atoms with Gasteiger partial charge in [0.15, 0.2) is 0 Å². The van der Waals surface area contributed by atoms with Gasteiger partial charge in [0.05, 0.1) is 12.7 Å². The first kappa shape index (κ1) is 21.7. The normalized spacial score (nSPS) is 47.6. The average molecular weight is 405 g/mol. The number of esters is 1. The van der Waals surface area contributed by atoms with E-state index in [2.05, 4.69) is 20.8 Å². The summed E-state index contributed by atoms with van der Waals surface area (Å²) in [4.78, 5) is 11.9. The molecule has 0 heterocycles. The lowest BCUT2D eigenvalue weighted by Crippen LogP contribution is -2.54. The van der Waals surface area contributed by atoms with Gasteiger partial charge < -0.3 is 9.84 Å². The van der Waals surface area contributed by atoms with Crippen molar-refractivity contribution in [2.45, 2.75) is 104 Å². The molecule has 4 saturated carbocycles. The fourth-order valence-corrected chi connectivity index (χ4v) is 8.99. The second kappa shape index (κ2) is 8.17. The van der Waals surface area contributed by atoms with E-state index in [0.29, 0.717) is 29.8 Å². The number of hydrogen-bond donors (Lipinski definition) is 1. The molecule has 0 aromatic rings. The maximum absolute atomic E-state index is 11.9. The van der Waals surface area contributed by atoms with Gasteiger partial charge in [-0.3, -0.25) is 4.79 Å². The maximum atomic E-state index is 11.9. The predicted molar refractivity (Wildman–Crippen MR) is 116 cm³/mol. The van der Waals surface area contributed by atoms with Gasteiger partial charge in [-0.1, -0.05) is 20.8 Å². The van der Waals surface area contributed by atoms with Gasteiger partial charge >= 0.3 is 5.97 Å². The monoisotopic (exact) mass is 404 g/mol. The Hall–Kier alpha value is -0.570. The summed E-state index contributed by atoms with van der Waals surface area (Å²) in [5, 5.41) is 10.2. The first-order valence-corrected chi connectivity index (χ1v) is 12.6. The van der Waals surface area contributed by atoms with Gasteiger partial charge in [-0.15, -0.1) is 0 Å². The number of carbonyl (C=O) groups is 1. The fourth-order valence-electron chi connectivity index (χ4n) is 8.99. The largest absolute Gasteiger partial charge is 0.466 e. The van der Waals surface area contributed by atoms with Gasteiger partial charge in [-0.25, -0.2) is 0 Å². The van der Waals surface area contributed by atoms with Crippen molar-refractivity contribution < 1.29 is 14.6 Å². The van der Waals surface area contributed by atoms with Crippen LogP contribution < -0.4 is 0 Å². The molecule has 4 rings (SSSR count). The van der Waals surface area contributed by atoms with Gasteiger partial charge in [0.25, 0.3) is 0 Å². The highest BCUT2D eigenvalue weighted by molar-refractivity contribution is 5.69. The van der Waals surface area contributed by atoms with Gasteiger partial charge in [0.2, 0.25) is 0 Å². The first-order chi connectivity index (χ1) is 13.8. The van der Waals surface area contributed by atoms with Crippen molar-refractivity contribution >= 4 is 5.97 Å². The maximum Gasteiger partial charge on any atom is 0.305 e. The minimum absolute atomic E-state index is 0.0199. The van der Waals surface area contributed by atoms with E-state index in [4.69, 9.17) is 4.74 Å². The van der Waals surface area contributed by atoms with Crippen LogP contribution in [-0.2, 0) is 9.53 Å². The quantitative estimate of drug-likeness (QED) is 0.573. The summed E-state index contributed by atoms with van der Waals surface area (Å²) in [5.41, 5.74) is 0.934. The lowest BCUT2D eigenvalue weighted by Gasteiger charge is -2.61. The van der Waals surface area contributed by atoms with Crippen LogP contribution in [0.4, 0.5) is 0 Å². The molecular weight excluding hydrogens is 360 g/mol. The van der Waals surface area contributed by atoms with Crippen LogP contribution in [0.3, 0.4) is 0 Å². The highest BCUT2D eigenvalue weighted by atomic mass is 16.5. The topological polar surface area (TPSA) is 46.5 Å². The Morgan fingerprint density at radius 3 is 2.52 bits per heavy atom. The van der Waals surface area contributed by atoms with E-state index in [0.717, 1.165) is 48.9 Å². The summed E-state index contributed by atoms with van der Waals surface area (Å²) < 4.78 is 5.17. The Morgan fingerprint density at radius 2 is 1.76 bits per heavy atom. The van der Waals surface area contributed by atoms with E-state index in [1.165, 1.54) is 44.9 Å². The minimum Gasteiger partial charge on any atom is -0.466 e. The Kier molecular flexibility index (Phi) is 6.10. The molecule has 4 aliphatic carbocycles. The van der Waals surface area contributed by atoms with Gasteiger partial charge in [-0.2, -0.15) is 0 Å². The molecule has 0 spiro atoms. The van der Waals surface area contributed by atoms with Crippen molar-refractivity contribution in [2.24, 2.45) is 46.3 Å². The van der Waals surface area contributed by atoms with E-state index < -0.39 is 0 Å². The van der Waals surface area contributed by atoms with Crippen molar-refractivity contribution in [1.29, 1.82) is 0 Å². The average Bonchev–Trinajstić information content (AvgIpc) is 3.04. The number of ether oxygens (including phenoxy) is 1. The van der Waals surface area contributed by atoms with Crippen LogP contribution in [0.5, 0.6) is 0 Å². The second-order valence-corrected chi connectivity index (χ2v) is 11.6. The van der Waals surface area contributed by atoms with Crippen LogP contribution >= 0.6 is 0 Å². The molecule has 4 fully saturated rings. The highest BCUT2D eigenvalue weighted by Gasteiger charge is 2.60. The summed E-state index contributed by atoms with van der Waals surface area (Å²) >= 11 is 0. The zero-order chi connectivity index (χ0) is 20.8. The van der Waals surface area contributed by atoms with Crippen molar-refractivity contribution in [3.05, 3.63) is 0 Å². The summed E-state index contributed by atoms with van der Waals surface area (Å²) in [6.45, 7) is 9.97. The van der Waals surface area contributed by atoms with E-state index in [-0.39, 0.29) is 12.1 Å². The second-order valence-electron chi connectivity index (χ2n) is 11.6. The lowest BCUT2D eigenvalue weighted by molar-refractivity contribution is -0.144. The molecule has 29 heavy (non-hydrogen) atoms. The van der Waals surface area contributed by atoms with Crippen molar-refractivity contribution in [1.82, 2.24) is 0 Å². The van der Waals surface area contributed by atoms with Crippen molar-refractivity contribution in [2.75, 3.05) is 6.61 Å². The molecule has 3 heteroatoms. The van der Waals surface area contributed by atoms with Crippen molar-refractivity contribution in [3.63, 3.8) is 0 Å². The van der Waals surface area contributed by atoms with Crippen LogP contribution in [0.1, 0.15) is 98.3 Å². The summed E-state index contributed by atoms with van der Waals surface area (Å²) in [6.07, 6.45) is 13.1. The molecule has 0 aliphatic heterocycles. The van der Waals surface area contributed by atoms with Crippen LogP contribution in [-0.4, -0.2) is 23.8 Å². The molecule has 166 valence electrons. The zero-order valence-electron chi connectivity index (χ0n) is 19.3. The third-order valence-corrected chi connectivity index (χ3v) is 10.5. The van der Waals surface area contributed by atoms with E-state index in [9.17, 15) is 9.90 Å². The van der Waals surface area contributed by atoms with Crippen LogP contribution in [0.15, 0.2) is 0 Å². The van der Waals surface area contributed by atoms with E-state index >= 15 is 0 Å². The lowest BCUT2D eigenvalue weighted by atomic mass is 9.44. The molecule has 0 aromatic heterocycles. The molecule has 1 N–H and O–H groups in total. The smallest absolute Gasteiger partial charge is 0.305 e. The molecular formula is C26H44O3. The summed E-state index contributed by atoms with van der Waals surface area (Å²) in [6, 6.07) is 0. The molecule has 0 amide bonds. The summed E-state index contributed by atoms with van der Waals surface area (Å²) in [5.74, 6) is 4.75. The minimum atomic E-state index is -0.0467. The van der Waals surface area contributed by atoms with Crippen LogP contribution in [0.25, 0.3) is 0 Å². The molecule has 0 radical (unpaired) electrons. The molecule has 0 saturated heterocycles. The molecule has 0 bridgehead atoms. The van der Waals surface area contributed by atoms with Gasteiger partial charge in [0, 0.05) is 6.42 Å². The Labute approximate surface area is 178 Å². The van der Waals surface area contributed by atoms with Crippen molar-refractivity contribution in [3.8, 4) is 0 Å². The van der Waals surface area contributed by atoms with Crippen LogP contribution in [0.2, 0.25) is 0 Å². The molecule has 0 aromatic carbocycles. The Morgan fingerprint density at radius 1 is 1.03 bits per heavy atom. The first-order valence-electron chi connectivity index (χ1n) is 12.6. The molecule has 4 aliphatic rings. The Balaban J connectivity index is 1.45. The number of rotatable bonds is 5. The molecule has 3 nitrogen and oxygen atoms in total. The predicted octanol–water partition coefficient (Wildman–Crippen LogP) is 5.99. The molecule has 4 unspecified atom stereocenters. The van der Waals surface area contributed by atoms with E-state index in [1.807, 2.05) is 6.92 Å². The third kappa shape index (κ3) is 3.68. The van der Waals surface area contributed by atoms with Gasteiger partial charge in [0.1, 0.15) is 0 Å². The highest BCUT2D eigenvalue weighted by Crippen LogP contribution is 2.68. The van der Waals surface area contributed by atoms with E-state index in [1.54, 1.807) is 0 Å². The zero-order valence-corrected chi connectivity index (χ0v) is 19.3. The number of aliphatic hydroxyl groups is 1. The standard InChI is InChI=1S/C26H44O3/c1-5-29-24(28)11-6-17(2)21-9-10-22-20-8-7-18-16-19(27)12-14-25(18,3)23(20)13-15-26(21,22)4/h17-23,27H,5-16H2,1-4H3/t17-,18?,19?,20?,21?,22+,23+,25+,26-/m1/s1. The SMILES string of the molecule is CCOC(=O)CC[C@@H](C)C1CC[C@H]2C3CCC4CC(O)CC[C@]4(C)[C@H]3CC[C@]12C. The number of hydrogen-bond acceptors (Lipinski definition) is 3. The number of fused-ring (bicyclic) bond motifs is 5. The van der Waals surface area contributed by atoms with Gasteiger partial charge in [-0.05, 0) is 117 Å².